The molecule has 0 amide bonds. The second kappa shape index (κ2) is 4.97. The zero-order valence-electron chi connectivity index (χ0n) is 8.82. The second-order valence-corrected chi connectivity index (χ2v) is 5.68. The lowest BCUT2D eigenvalue weighted by Crippen LogP contribution is -2.17. The molecular formula is C12H17BrN2. The number of nitrogens with two attached hydrogens (primary N) is 1. The van der Waals surface area contributed by atoms with Crippen LogP contribution in [0.25, 0.3) is 0 Å². The summed E-state index contributed by atoms with van der Waals surface area (Å²) in [7, 11) is 0. The molecule has 2 rings (SSSR count). The van der Waals surface area contributed by atoms with Crippen LogP contribution >= 0.6 is 15.9 Å². The Labute approximate surface area is 99.4 Å². The molecule has 1 aromatic rings. The maximum atomic E-state index is 5.85. The third-order valence-electron chi connectivity index (χ3n) is 3.15. The number of aromatic nitrogens is 1. The maximum Gasteiger partial charge on any atom is 0.126 e. The molecule has 1 aliphatic carbocycles. The van der Waals surface area contributed by atoms with Crippen LogP contribution in [0.1, 0.15) is 31.2 Å². The fourth-order valence-electron chi connectivity index (χ4n) is 2.35. The summed E-state index contributed by atoms with van der Waals surface area (Å²) in [6.45, 7) is 0. The third kappa shape index (κ3) is 2.94. The van der Waals surface area contributed by atoms with E-state index in [1.807, 2.05) is 6.07 Å². The van der Waals surface area contributed by atoms with Gasteiger partial charge in [0.1, 0.15) is 5.82 Å². The van der Waals surface area contributed by atoms with E-state index in [0.717, 1.165) is 12.3 Å². The standard InChI is InChI=1S/C12H17BrN2/c13-11-5-1-3-9(8-11)7-10-4-2-6-15-12(10)14/h2,4,6,9,11H,1,3,5,7-8H2,(H2,14,15). The summed E-state index contributed by atoms with van der Waals surface area (Å²) in [5.41, 5.74) is 7.06. The molecule has 15 heavy (non-hydrogen) atoms. The summed E-state index contributed by atoms with van der Waals surface area (Å²) in [4.78, 5) is 4.83. The first-order valence-electron chi connectivity index (χ1n) is 5.59. The summed E-state index contributed by atoms with van der Waals surface area (Å²) in [6.07, 6.45) is 8.10. The highest BCUT2D eigenvalue weighted by atomic mass is 79.9. The predicted octanol–water partition coefficient (Wildman–Crippen LogP) is 3.16. The molecule has 0 aromatic carbocycles. The van der Waals surface area contributed by atoms with E-state index in [9.17, 15) is 0 Å². The van der Waals surface area contributed by atoms with Gasteiger partial charge >= 0.3 is 0 Å². The Bertz CT molecular complexity index is 327. The van der Waals surface area contributed by atoms with Crippen LogP contribution < -0.4 is 5.73 Å². The van der Waals surface area contributed by atoms with Crippen molar-refractivity contribution in [2.75, 3.05) is 5.73 Å². The lowest BCUT2D eigenvalue weighted by Gasteiger charge is -2.25. The van der Waals surface area contributed by atoms with Gasteiger partial charge in [0.05, 0.1) is 0 Å². The number of alkyl halides is 1. The van der Waals surface area contributed by atoms with Crippen LogP contribution in [0.2, 0.25) is 0 Å². The van der Waals surface area contributed by atoms with Crippen molar-refractivity contribution >= 4 is 21.7 Å². The molecule has 0 radical (unpaired) electrons. The van der Waals surface area contributed by atoms with Crippen LogP contribution in [-0.2, 0) is 6.42 Å². The molecule has 0 aliphatic heterocycles. The first-order chi connectivity index (χ1) is 7.25. The smallest absolute Gasteiger partial charge is 0.126 e. The normalized spacial score (nSPS) is 26.5. The minimum atomic E-state index is 0.703. The summed E-state index contributed by atoms with van der Waals surface area (Å²) in [5.74, 6) is 1.48. The summed E-state index contributed by atoms with van der Waals surface area (Å²) in [6, 6.07) is 4.07. The average molecular weight is 269 g/mol. The van der Waals surface area contributed by atoms with Crippen LogP contribution in [-0.4, -0.2) is 9.81 Å². The van der Waals surface area contributed by atoms with Gasteiger partial charge in [0.25, 0.3) is 0 Å². The molecule has 82 valence electrons. The van der Waals surface area contributed by atoms with Gasteiger partial charge in [-0.25, -0.2) is 4.98 Å². The van der Waals surface area contributed by atoms with E-state index in [1.165, 1.54) is 31.2 Å². The molecule has 0 saturated heterocycles. The zero-order valence-corrected chi connectivity index (χ0v) is 10.4. The Kier molecular flexibility index (Phi) is 3.62. The number of nitrogen functional groups attached to an aromatic ring is 1. The first kappa shape index (κ1) is 10.9. The molecule has 0 spiro atoms. The quantitative estimate of drug-likeness (QED) is 0.837. The molecule has 2 nitrogen and oxygen atoms in total. The highest BCUT2D eigenvalue weighted by molar-refractivity contribution is 9.09. The van der Waals surface area contributed by atoms with E-state index < -0.39 is 0 Å². The minimum absolute atomic E-state index is 0.703. The second-order valence-electron chi connectivity index (χ2n) is 4.38. The van der Waals surface area contributed by atoms with Gasteiger partial charge in [0, 0.05) is 11.0 Å². The Hall–Kier alpha value is -0.570. The molecule has 2 atom stereocenters. The molecule has 0 bridgehead atoms. The first-order valence-corrected chi connectivity index (χ1v) is 6.50. The monoisotopic (exact) mass is 268 g/mol. The van der Waals surface area contributed by atoms with E-state index in [-0.39, 0.29) is 0 Å². The van der Waals surface area contributed by atoms with Gasteiger partial charge in [-0.15, -0.1) is 0 Å². The number of nitrogens with zero attached hydrogens (tertiary/aromatic N) is 1. The Morgan fingerprint density at radius 1 is 1.47 bits per heavy atom. The van der Waals surface area contributed by atoms with Crippen LogP contribution in [0.4, 0.5) is 5.82 Å². The summed E-state index contributed by atoms with van der Waals surface area (Å²) in [5, 5.41) is 0. The number of hydrogen-bond donors (Lipinski definition) is 1. The van der Waals surface area contributed by atoms with Gasteiger partial charge in [-0.2, -0.15) is 0 Å². The molecule has 2 N–H and O–H groups in total. The van der Waals surface area contributed by atoms with E-state index >= 15 is 0 Å². The van der Waals surface area contributed by atoms with Crippen LogP contribution in [0.5, 0.6) is 0 Å². The predicted molar refractivity (Wildman–Crippen MR) is 67.0 cm³/mol. The molecule has 1 aromatic heterocycles. The van der Waals surface area contributed by atoms with E-state index in [0.29, 0.717) is 10.6 Å². The van der Waals surface area contributed by atoms with Gasteiger partial charge in [-0.1, -0.05) is 34.8 Å². The number of pyridine rings is 1. The Morgan fingerprint density at radius 3 is 3.07 bits per heavy atom. The Balaban J connectivity index is 1.99. The molecule has 1 fully saturated rings. The summed E-state index contributed by atoms with van der Waals surface area (Å²) >= 11 is 3.71. The number of halogens is 1. The number of anilines is 1. The van der Waals surface area contributed by atoms with Crippen molar-refractivity contribution in [1.82, 2.24) is 4.98 Å². The van der Waals surface area contributed by atoms with Gasteiger partial charge in [-0.3, -0.25) is 0 Å². The third-order valence-corrected chi connectivity index (χ3v) is 3.99. The molecule has 1 saturated carbocycles. The lowest BCUT2D eigenvalue weighted by atomic mass is 9.85. The highest BCUT2D eigenvalue weighted by Gasteiger charge is 2.20. The van der Waals surface area contributed by atoms with Crippen molar-refractivity contribution in [1.29, 1.82) is 0 Å². The fourth-order valence-corrected chi connectivity index (χ4v) is 3.20. The van der Waals surface area contributed by atoms with Gasteiger partial charge in [-0.05, 0) is 36.8 Å². The molecule has 1 heterocycles. The van der Waals surface area contributed by atoms with E-state index in [2.05, 4.69) is 27.0 Å². The van der Waals surface area contributed by atoms with Crippen molar-refractivity contribution in [3.05, 3.63) is 23.9 Å². The SMILES string of the molecule is Nc1ncccc1CC1CCCC(Br)C1. The van der Waals surface area contributed by atoms with Gasteiger partial charge < -0.3 is 5.73 Å². The van der Waals surface area contributed by atoms with Crippen molar-refractivity contribution in [3.63, 3.8) is 0 Å². The van der Waals surface area contributed by atoms with Crippen LogP contribution in [0, 0.1) is 5.92 Å². The summed E-state index contributed by atoms with van der Waals surface area (Å²) < 4.78 is 0. The van der Waals surface area contributed by atoms with E-state index in [4.69, 9.17) is 5.73 Å². The molecule has 1 aliphatic rings. The maximum absolute atomic E-state index is 5.85. The lowest BCUT2D eigenvalue weighted by molar-refractivity contribution is 0.368. The van der Waals surface area contributed by atoms with Crippen molar-refractivity contribution < 1.29 is 0 Å². The van der Waals surface area contributed by atoms with Gasteiger partial charge in [0.15, 0.2) is 0 Å². The average Bonchev–Trinajstić information content (AvgIpc) is 2.22. The van der Waals surface area contributed by atoms with Gasteiger partial charge in [0.2, 0.25) is 0 Å². The largest absolute Gasteiger partial charge is 0.383 e. The minimum Gasteiger partial charge on any atom is -0.383 e. The molecule has 2 unspecified atom stereocenters. The zero-order chi connectivity index (χ0) is 10.7. The fraction of sp³-hybridized carbons (Fsp3) is 0.583. The number of rotatable bonds is 2. The van der Waals surface area contributed by atoms with Crippen molar-refractivity contribution in [3.8, 4) is 0 Å². The van der Waals surface area contributed by atoms with Crippen LogP contribution in [0.3, 0.4) is 0 Å². The topological polar surface area (TPSA) is 38.9 Å². The van der Waals surface area contributed by atoms with Crippen molar-refractivity contribution in [2.24, 2.45) is 5.92 Å². The van der Waals surface area contributed by atoms with E-state index in [1.54, 1.807) is 6.20 Å². The number of hydrogen-bond acceptors (Lipinski definition) is 2. The van der Waals surface area contributed by atoms with Crippen LogP contribution in [0.15, 0.2) is 18.3 Å². The molecule has 3 heteroatoms. The van der Waals surface area contributed by atoms with Crippen molar-refractivity contribution in [2.45, 2.75) is 36.9 Å². The Morgan fingerprint density at radius 2 is 2.33 bits per heavy atom. The molecular weight excluding hydrogens is 252 g/mol. The highest BCUT2D eigenvalue weighted by Crippen LogP contribution is 2.31.